The van der Waals surface area contributed by atoms with Gasteiger partial charge >= 0.3 is 4.87 Å². The quantitative estimate of drug-likeness (QED) is 0.384. The normalized spacial score (nSPS) is 29.3. The maximum Gasteiger partial charge on any atom is 0.311 e. The van der Waals surface area contributed by atoms with Crippen LogP contribution in [0.1, 0.15) is 22.8 Å². The first-order chi connectivity index (χ1) is 11.3. The van der Waals surface area contributed by atoms with Crippen LogP contribution in [0.25, 0.3) is 0 Å². The topological polar surface area (TPSA) is 153 Å². The molecular formula is C12H16N4O7S. The molecular weight excluding hydrogens is 344 g/mol. The van der Waals surface area contributed by atoms with Gasteiger partial charge in [0.05, 0.1) is 6.61 Å². The van der Waals surface area contributed by atoms with E-state index in [9.17, 15) is 29.7 Å². The number of fused-ring (bicyclic) bond motifs is 1. The Morgan fingerprint density at radius 2 is 2.12 bits per heavy atom. The number of hydrogen-bond donors (Lipinski definition) is 5. The highest BCUT2D eigenvalue weighted by Crippen LogP contribution is 2.35. The van der Waals surface area contributed by atoms with Gasteiger partial charge in [-0.3, -0.25) is 24.4 Å². The molecule has 0 aromatic carbocycles. The van der Waals surface area contributed by atoms with E-state index >= 15 is 0 Å². The minimum Gasteiger partial charge on any atom is -0.394 e. The maximum atomic E-state index is 12.3. The summed E-state index contributed by atoms with van der Waals surface area (Å²) in [6, 6.07) is 0. The molecule has 0 bridgehead atoms. The fourth-order valence-electron chi connectivity index (χ4n) is 2.68. The van der Waals surface area contributed by atoms with Crippen LogP contribution in [0, 0.1) is 0 Å². The number of thiazole rings is 1. The van der Waals surface area contributed by atoms with Crippen molar-refractivity contribution in [1.29, 1.82) is 0 Å². The van der Waals surface area contributed by atoms with Crippen molar-refractivity contribution in [2.24, 2.45) is 0 Å². The molecule has 24 heavy (non-hydrogen) atoms. The van der Waals surface area contributed by atoms with E-state index in [0.29, 0.717) is 11.3 Å². The highest BCUT2D eigenvalue weighted by atomic mass is 32.1. The molecule has 4 atom stereocenters. The second-order valence-corrected chi connectivity index (χ2v) is 6.34. The SMILES string of the molecule is CC(=O)NN1CNC(=O)c2sc(=O)n([C@@H]3O[C@H](CO)[C@@H](O)[C@H]3O)c21. The van der Waals surface area contributed by atoms with E-state index in [0.717, 1.165) is 4.57 Å². The number of aliphatic hydroxyl groups excluding tert-OH is 3. The van der Waals surface area contributed by atoms with Crippen LogP contribution in [-0.2, 0) is 9.53 Å². The molecule has 0 spiro atoms. The minimum absolute atomic E-state index is 0.0396. The average molecular weight is 360 g/mol. The molecule has 1 aromatic rings. The Balaban J connectivity index is 2.08. The van der Waals surface area contributed by atoms with Gasteiger partial charge in [0.2, 0.25) is 5.91 Å². The lowest BCUT2D eigenvalue weighted by molar-refractivity contribution is -0.119. The molecule has 0 unspecified atom stereocenters. The monoisotopic (exact) mass is 360 g/mol. The van der Waals surface area contributed by atoms with Crippen molar-refractivity contribution in [3.63, 3.8) is 0 Å². The van der Waals surface area contributed by atoms with Gasteiger partial charge in [-0.15, -0.1) is 0 Å². The molecule has 1 fully saturated rings. The Bertz CT molecular complexity index is 731. The van der Waals surface area contributed by atoms with Gasteiger partial charge in [0.15, 0.2) is 12.0 Å². The number of carbonyl (C=O) groups excluding carboxylic acids is 2. The van der Waals surface area contributed by atoms with Gasteiger partial charge in [-0.05, 0) is 0 Å². The summed E-state index contributed by atoms with van der Waals surface area (Å²) >= 11 is 0.622. The Kier molecular flexibility index (Phi) is 4.31. The lowest BCUT2D eigenvalue weighted by atomic mass is 10.1. The summed E-state index contributed by atoms with van der Waals surface area (Å²) in [5.41, 5.74) is 2.46. The Morgan fingerprint density at radius 1 is 1.42 bits per heavy atom. The third-order valence-electron chi connectivity index (χ3n) is 3.74. The van der Waals surface area contributed by atoms with Gasteiger partial charge in [-0.25, -0.2) is 5.01 Å². The number of aromatic nitrogens is 1. The van der Waals surface area contributed by atoms with Crippen molar-refractivity contribution in [3.05, 3.63) is 14.5 Å². The molecule has 2 aliphatic rings. The zero-order valence-electron chi connectivity index (χ0n) is 12.5. The van der Waals surface area contributed by atoms with E-state index in [1.165, 1.54) is 11.9 Å². The van der Waals surface area contributed by atoms with Crippen molar-refractivity contribution in [2.75, 3.05) is 18.3 Å². The number of anilines is 1. The van der Waals surface area contributed by atoms with Crippen molar-refractivity contribution in [3.8, 4) is 0 Å². The van der Waals surface area contributed by atoms with Crippen LogP contribution in [-0.4, -0.2) is 63.3 Å². The smallest absolute Gasteiger partial charge is 0.311 e. The van der Waals surface area contributed by atoms with Gasteiger partial charge in [-0.2, -0.15) is 0 Å². The van der Waals surface area contributed by atoms with Crippen molar-refractivity contribution in [1.82, 2.24) is 15.3 Å². The molecule has 2 amide bonds. The van der Waals surface area contributed by atoms with Crippen LogP contribution in [0.5, 0.6) is 0 Å². The first-order valence-electron chi connectivity index (χ1n) is 7.06. The third kappa shape index (κ3) is 2.57. The second kappa shape index (κ2) is 6.14. The maximum absolute atomic E-state index is 12.3. The molecule has 11 nitrogen and oxygen atoms in total. The number of amides is 2. The Morgan fingerprint density at radius 3 is 2.71 bits per heavy atom. The third-order valence-corrected chi connectivity index (χ3v) is 4.68. The zero-order chi connectivity index (χ0) is 17.6. The molecule has 12 heteroatoms. The van der Waals surface area contributed by atoms with E-state index in [2.05, 4.69) is 10.7 Å². The number of aliphatic hydroxyl groups is 3. The Hall–Kier alpha value is -1.99. The lowest BCUT2D eigenvalue weighted by Crippen LogP contribution is -2.53. The summed E-state index contributed by atoms with van der Waals surface area (Å²) in [6.45, 7) is 0.624. The van der Waals surface area contributed by atoms with E-state index in [1.807, 2.05) is 0 Å². The number of ether oxygens (including phenoxy) is 1. The lowest BCUT2D eigenvalue weighted by Gasteiger charge is -2.31. The molecule has 2 aliphatic heterocycles. The summed E-state index contributed by atoms with van der Waals surface area (Å²) < 4.78 is 6.36. The molecule has 5 N–H and O–H groups in total. The van der Waals surface area contributed by atoms with Crippen LogP contribution in [0.4, 0.5) is 5.82 Å². The highest BCUT2D eigenvalue weighted by molar-refractivity contribution is 7.12. The standard InChI is InChI=1S/C12H16N4O7S/c1-4(18)14-15-3-13-9(21)8-10(15)16(12(22)24-8)11-7(20)6(19)5(2-17)23-11/h5-7,11,17,19-20H,2-3H2,1H3,(H,13,21)(H,14,18)/t5-,6-,7-,11-/m1/s1. The van der Waals surface area contributed by atoms with Gasteiger partial charge < -0.3 is 25.4 Å². The van der Waals surface area contributed by atoms with E-state index < -0.39 is 47.8 Å². The molecule has 0 aliphatic carbocycles. The molecule has 3 heterocycles. The van der Waals surface area contributed by atoms with Gasteiger partial charge in [0.25, 0.3) is 5.91 Å². The van der Waals surface area contributed by atoms with E-state index in [1.54, 1.807) is 0 Å². The van der Waals surface area contributed by atoms with Gasteiger partial charge in [0, 0.05) is 6.92 Å². The van der Waals surface area contributed by atoms with E-state index in [-0.39, 0.29) is 17.4 Å². The molecule has 0 radical (unpaired) electrons. The molecule has 0 saturated carbocycles. The first-order valence-corrected chi connectivity index (χ1v) is 7.87. The first kappa shape index (κ1) is 16.9. The number of hydrogen-bond acceptors (Lipinski definition) is 9. The zero-order valence-corrected chi connectivity index (χ0v) is 13.3. The number of hydrazine groups is 1. The fraction of sp³-hybridized carbons (Fsp3) is 0.583. The van der Waals surface area contributed by atoms with Crippen molar-refractivity contribution in [2.45, 2.75) is 31.5 Å². The van der Waals surface area contributed by atoms with Crippen LogP contribution in [0.3, 0.4) is 0 Å². The molecule has 1 aromatic heterocycles. The van der Waals surface area contributed by atoms with Crippen LogP contribution in [0.15, 0.2) is 4.79 Å². The van der Waals surface area contributed by atoms with E-state index in [4.69, 9.17) is 4.74 Å². The summed E-state index contributed by atoms with van der Waals surface area (Å²) in [5, 5.41) is 32.9. The number of carbonyl (C=O) groups is 2. The number of rotatable bonds is 3. The highest BCUT2D eigenvalue weighted by Gasteiger charge is 2.46. The number of nitrogens with one attached hydrogen (secondary N) is 2. The largest absolute Gasteiger partial charge is 0.394 e. The fourth-order valence-corrected chi connectivity index (χ4v) is 3.61. The Labute approximate surface area is 139 Å². The second-order valence-electron chi connectivity index (χ2n) is 5.38. The molecule has 3 rings (SSSR count). The van der Waals surface area contributed by atoms with Crippen LogP contribution >= 0.6 is 11.3 Å². The average Bonchev–Trinajstić information content (AvgIpc) is 3.01. The predicted molar refractivity (Wildman–Crippen MR) is 80.2 cm³/mol. The van der Waals surface area contributed by atoms with Crippen molar-refractivity contribution >= 4 is 29.0 Å². The molecule has 1 saturated heterocycles. The summed E-state index contributed by atoms with van der Waals surface area (Å²) in [5.74, 6) is -0.874. The number of nitrogens with zero attached hydrogens (tertiary/aromatic N) is 2. The summed E-state index contributed by atoms with van der Waals surface area (Å²) in [7, 11) is 0. The summed E-state index contributed by atoms with van der Waals surface area (Å²) in [4.78, 5) is 35.1. The summed E-state index contributed by atoms with van der Waals surface area (Å²) in [6.07, 6.45) is -5.25. The van der Waals surface area contributed by atoms with Crippen LogP contribution in [0.2, 0.25) is 0 Å². The van der Waals surface area contributed by atoms with Crippen molar-refractivity contribution < 1.29 is 29.6 Å². The predicted octanol–water partition coefficient (Wildman–Crippen LogP) is -2.92. The molecule has 132 valence electrons. The van der Waals surface area contributed by atoms with Crippen LogP contribution < -0.4 is 20.6 Å². The van der Waals surface area contributed by atoms with Gasteiger partial charge in [-0.1, -0.05) is 11.3 Å². The minimum atomic E-state index is -1.48. The van der Waals surface area contributed by atoms with Gasteiger partial charge in [0.1, 0.15) is 29.9 Å².